The van der Waals surface area contributed by atoms with Crippen molar-refractivity contribution in [3.63, 3.8) is 0 Å². The molecule has 0 amide bonds. The molecule has 230 valence electrons. The van der Waals surface area contributed by atoms with E-state index in [4.69, 9.17) is 0 Å². The largest absolute Gasteiger partial charge is 0.315 e. The van der Waals surface area contributed by atoms with Crippen molar-refractivity contribution in [3.05, 3.63) is 132 Å². The first-order chi connectivity index (χ1) is 20.9. The first kappa shape index (κ1) is 35.2. The van der Waals surface area contributed by atoms with Crippen LogP contribution in [-0.2, 0) is 0 Å². The number of rotatable bonds is 5. The topological polar surface area (TPSA) is 8.17 Å². The molecule has 0 unspecified atom stereocenters. The van der Waals surface area contributed by atoms with Crippen molar-refractivity contribution < 1.29 is 0 Å². The normalized spacial score (nSPS) is 12.2. The number of thiol groups is 3. The van der Waals surface area contributed by atoms with Crippen LogP contribution in [0.2, 0.25) is 0 Å². The van der Waals surface area contributed by atoms with Gasteiger partial charge in [0.25, 0.3) is 0 Å². The zero-order valence-corrected chi connectivity index (χ0v) is 29.7. The summed E-state index contributed by atoms with van der Waals surface area (Å²) in [5, 5.41) is 3.38. The predicted octanol–water partition coefficient (Wildman–Crippen LogP) is 10.6. The standard InChI is InChI=1S/C31H26N2S.C8H18.H2S2/c1-3-12-27-28-18-8-10-20-30(28)33(25-16-11-17-26(34)21-25)31(27)22-32(24-14-5-4-6-15-24)29-19-9-7-13-23(29)2;1-7(2,3)8(4,5)6;1-2/h3-22,34H,1H2,2H3;1-6H3;1-2H/b27-12-,31-22+;;. The number of anilines is 2. The molecule has 0 aliphatic heterocycles. The fraction of sp³-hybridized carbons (Fsp3) is 0.231. The lowest BCUT2D eigenvalue weighted by Gasteiger charge is -2.34. The summed E-state index contributed by atoms with van der Waals surface area (Å²) in [7, 11) is 0. The SMILES string of the molecule is C=C/C=c1\c(=C/N(c2ccccc2)c2ccccc2C)n(-c2cccc(S)c2)c2ccccc12.CC(C)(C)C(C)(C)C.SS. The third kappa shape index (κ3) is 8.47. The highest BCUT2D eigenvalue weighted by Gasteiger charge is 2.26. The molecular formula is C39H46N2S3. The van der Waals surface area contributed by atoms with Crippen molar-refractivity contribution in [2.75, 3.05) is 4.90 Å². The van der Waals surface area contributed by atoms with Crippen LogP contribution in [0, 0.1) is 17.8 Å². The number of aryl methyl sites for hydroxylation is 1. The second-order valence-electron chi connectivity index (χ2n) is 12.7. The molecule has 1 aromatic heterocycles. The third-order valence-corrected chi connectivity index (χ3v) is 8.51. The molecule has 0 fully saturated rings. The monoisotopic (exact) mass is 638 g/mol. The summed E-state index contributed by atoms with van der Waals surface area (Å²) in [6.07, 6.45) is 6.19. The number of aromatic nitrogens is 1. The molecule has 5 rings (SSSR count). The lowest BCUT2D eigenvalue weighted by Crippen LogP contribution is -2.31. The number of fused-ring (bicyclic) bond motifs is 1. The Balaban J connectivity index is 0.000000462. The van der Waals surface area contributed by atoms with Crippen molar-refractivity contribution in [1.82, 2.24) is 4.57 Å². The van der Waals surface area contributed by atoms with E-state index in [1.807, 2.05) is 24.3 Å². The molecule has 5 heteroatoms. The maximum absolute atomic E-state index is 4.62. The predicted molar refractivity (Wildman–Crippen MR) is 206 cm³/mol. The molecule has 1 heterocycles. The van der Waals surface area contributed by atoms with E-state index in [-0.39, 0.29) is 0 Å². The molecular weight excluding hydrogens is 593 g/mol. The molecule has 0 atom stereocenters. The van der Waals surface area contributed by atoms with E-state index >= 15 is 0 Å². The van der Waals surface area contributed by atoms with Gasteiger partial charge in [0, 0.05) is 38.8 Å². The minimum absolute atomic E-state index is 0.437. The van der Waals surface area contributed by atoms with Gasteiger partial charge in [-0.25, -0.2) is 0 Å². The van der Waals surface area contributed by atoms with Crippen molar-refractivity contribution in [2.24, 2.45) is 10.8 Å². The van der Waals surface area contributed by atoms with E-state index in [0.29, 0.717) is 10.8 Å². The van der Waals surface area contributed by atoms with Crippen molar-refractivity contribution in [1.29, 1.82) is 0 Å². The molecule has 0 aliphatic rings. The zero-order valence-electron chi connectivity index (χ0n) is 27.0. The van der Waals surface area contributed by atoms with Crippen LogP contribution in [0.3, 0.4) is 0 Å². The van der Waals surface area contributed by atoms with Crippen LogP contribution in [0.15, 0.2) is 121 Å². The highest BCUT2D eigenvalue weighted by molar-refractivity contribution is 8.59. The molecule has 0 N–H and O–H groups in total. The summed E-state index contributed by atoms with van der Waals surface area (Å²) in [6, 6.07) is 35.7. The number of nitrogens with zero attached hydrogens (tertiary/aromatic N) is 2. The minimum Gasteiger partial charge on any atom is -0.315 e. The Kier molecular flexibility index (Phi) is 12.5. The van der Waals surface area contributed by atoms with Crippen LogP contribution in [0.25, 0.3) is 28.9 Å². The highest BCUT2D eigenvalue weighted by Crippen LogP contribution is 2.36. The Morgan fingerprint density at radius 1 is 0.727 bits per heavy atom. The van der Waals surface area contributed by atoms with Gasteiger partial charge in [-0.3, -0.25) is 0 Å². The van der Waals surface area contributed by atoms with Crippen LogP contribution >= 0.6 is 36.0 Å². The van der Waals surface area contributed by atoms with Gasteiger partial charge in [-0.15, -0.1) is 36.0 Å². The van der Waals surface area contributed by atoms with Gasteiger partial charge in [0.05, 0.1) is 10.9 Å². The van der Waals surface area contributed by atoms with E-state index in [2.05, 4.69) is 198 Å². The van der Waals surface area contributed by atoms with Crippen LogP contribution in [-0.4, -0.2) is 4.57 Å². The molecule has 5 aromatic rings. The first-order valence-corrected chi connectivity index (χ1v) is 16.8. The highest BCUT2D eigenvalue weighted by atomic mass is 33.1. The van der Waals surface area contributed by atoms with Gasteiger partial charge in [0.1, 0.15) is 0 Å². The Morgan fingerprint density at radius 2 is 1.32 bits per heavy atom. The van der Waals surface area contributed by atoms with E-state index in [9.17, 15) is 0 Å². The second kappa shape index (κ2) is 15.7. The van der Waals surface area contributed by atoms with Gasteiger partial charge in [-0.2, -0.15) is 0 Å². The van der Waals surface area contributed by atoms with E-state index in [1.54, 1.807) is 0 Å². The molecule has 0 saturated carbocycles. The van der Waals surface area contributed by atoms with Crippen LogP contribution in [0.4, 0.5) is 11.4 Å². The van der Waals surface area contributed by atoms with Crippen molar-refractivity contribution >= 4 is 70.5 Å². The summed E-state index contributed by atoms with van der Waals surface area (Å²) in [5.41, 5.74) is 6.52. The van der Waals surface area contributed by atoms with E-state index in [1.165, 1.54) is 10.9 Å². The quantitative estimate of drug-likeness (QED) is 0.128. The maximum atomic E-state index is 4.62. The lowest BCUT2D eigenvalue weighted by molar-refractivity contribution is 0.157. The van der Waals surface area contributed by atoms with Crippen molar-refractivity contribution in [3.8, 4) is 5.69 Å². The number of benzene rings is 4. The molecule has 0 bridgehead atoms. The Labute approximate surface area is 280 Å². The van der Waals surface area contributed by atoms with E-state index < -0.39 is 0 Å². The summed E-state index contributed by atoms with van der Waals surface area (Å²) in [5.74, 6) is 0. The number of hydrogen-bond donors (Lipinski definition) is 3. The fourth-order valence-corrected chi connectivity index (χ4v) is 4.66. The summed E-state index contributed by atoms with van der Waals surface area (Å²) >= 11 is 11.1. The zero-order chi connectivity index (χ0) is 32.5. The summed E-state index contributed by atoms with van der Waals surface area (Å²) in [6.45, 7) is 19.8. The minimum atomic E-state index is 0.437. The summed E-state index contributed by atoms with van der Waals surface area (Å²) < 4.78 is 2.30. The average molecular weight is 639 g/mol. The Hall–Kier alpha value is -3.25. The smallest absolute Gasteiger partial charge is 0.0707 e. The number of allylic oxidation sites excluding steroid dienone is 1. The first-order valence-electron chi connectivity index (χ1n) is 14.8. The van der Waals surface area contributed by atoms with Crippen LogP contribution in [0.5, 0.6) is 0 Å². The van der Waals surface area contributed by atoms with Gasteiger partial charge < -0.3 is 9.47 Å². The van der Waals surface area contributed by atoms with E-state index in [0.717, 1.165) is 38.0 Å². The second-order valence-corrected chi connectivity index (χ2v) is 13.2. The lowest BCUT2D eigenvalue weighted by atomic mass is 9.71. The molecule has 44 heavy (non-hydrogen) atoms. The molecule has 0 aliphatic carbocycles. The number of hydrogen-bond acceptors (Lipinski definition) is 4. The number of para-hydroxylation sites is 3. The third-order valence-electron chi connectivity index (χ3n) is 8.24. The van der Waals surface area contributed by atoms with Gasteiger partial charge in [0.15, 0.2) is 0 Å². The van der Waals surface area contributed by atoms with Gasteiger partial charge in [-0.1, -0.05) is 121 Å². The van der Waals surface area contributed by atoms with Gasteiger partial charge in [0.2, 0.25) is 0 Å². The molecule has 0 radical (unpaired) electrons. The Bertz CT molecular complexity index is 1780. The molecule has 2 nitrogen and oxygen atoms in total. The molecule has 0 spiro atoms. The van der Waals surface area contributed by atoms with Crippen LogP contribution in [0.1, 0.15) is 47.1 Å². The Morgan fingerprint density at radius 3 is 1.91 bits per heavy atom. The van der Waals surface area contributed by atoms with Crippen LogP contribution < -0.4 is 15.5 Å². The molecule has 4 aromatic carbocycles. The molecule has 0 saturated heterocycles. The van der Waals surface area contributed by atoms with Gasteiger partial charge >= 0.3 is 0 Å². The average Bonchev–Trinajstić information content (AvgIpc) is 3.30. The fourth-order valence-electron chi connectivity index (χ4n) is 4.44. The maximum Gasteiger partial charge on any atom is 0.0707 e. The van der Waals surface area contributed by atoms with Crippen molar-refractivity contribution in [2.45, 2.75) is 53.4 Å². The van der Waals surface area contributed by atoms with Gasteiger partial charge in [-0.05, 0) is 65.8 Å². The summed E-state index contributed by atoms with van der Waals surface area (Å²) in [4.78, 5) is 3.19.